The van der Waals surface area contributed by atoms with Crippen LogP contribution in [0.15, 0.2) is 30.6 Å². The van der Waals surface area contributed by atoms with Gasteiger partial charge in [0.2, 0.25) is 0 Å². The normalized spacial score (nSPS) is 18.7. The van der Waals surface area contributed by atoms with Crippen LogP contribution in [0.3, 0.4) is 0 Å². The standard InChI is InChI=1S/C20H24N4O3/c1-14-4-3-5-16(15(14)2)23-19(25)17-12-18(22-13-21-17)24-8-6-20(7-9-24)26-10-11-27-20/h3-5,12-13H,6-11H2,1-2H3,(H,23,25). The van der Waals surface area contributed by atoms with E-state index in [1.165, 1.54) is 6.33 Å². The van der Waals surface area contributed by atoms with Crippen molar-refractivity contribution in [2.24, 2.45) is 0 Å². The van der Waals surface area contributed by atoms with Gasteiger partial charge in [-0.15, -0.1) is 0 Å². The minimum absolute atomic E-state index is 0.233. The molecule has 1 aromatic heterocycles. The van der Waals surface area contributed by atoms with Crippen LogP contribution in [0.5, 0.6) is 0 Å². The van der Waals surface area contributed by atoms with Crippen LogP contribution in [0.4, 0.5) is 11.5 Å². The summed E-state index contributed by atoms with van der Waals surface area (Å²) < 4.78 is 11.5. The lowest BCUT2D eigenvalue weighted by atomic mass is 10.0. The van der Waals surface area contributed by atoms with Crippen molar-refractivity contribution in [1.82, 2.24) is 9.97 Å². The molecule has 2 aromatic rings. The number of ether oxygens (including phenoxy) is 2. The van der Waals surface area contributed by atoms with Gasteiger partial charge in [-0.05, 0) is 31.0 Å². The minimum atomic E-state index is -0.424. The highest BCUT2D eigenvalue weighted by Gasteiger charge is 2.40. The van der Waals surface area contributed by atoms with E-state index < -0.39 is 5.79 Å². The lowest BCUT2D eigenvalue weighted by Crippen LogP contribution is -2.45. The number of carbonyl (C=O) groups is 1. The van der Waals surface area contributed by atoms with E-state index in [9.17, 15) is 4.79 Å². The SMILES string of the molecule is Cc1cccc(NC(=O)c2cc(N3CCC4(CC3)OCCO4)ncn2)c1C. The van der Waals surface area contributed by atoms with Gasteiger partial charge in [0, 0.05) is 37.7 Å². The molecule has 27 heavy (non-hydrogen) atoms. The van der Waals surface area contributed by atoms with E-state index in [-0.39, 0.29) is 5.91 Å². The zero-order valence-corrected chi connectivity index (χ0v) is 15.7. The Hall–Kier alpha value is -2.51. The summed E-state index contributed by atoms with van der Waals surface area (Å²) in [5.74, 6) is 0.0964. The number of nitrogens with one attached hydrogen (secondary N) is 1. The van der Waals surface area contributed by atoms with Crippen LogP contribution in [0, 0.1) is 13.8 Å². The number of aromatic nitrogens is 2. The molecule has 142 valence electrons. The molecule has 0 atom stereocenters. The molecule has 0 aliphatic carbocycles. The molecule has 0 saturated carbocycles. The molecule has 2 aliphatic heterocycles. The molecule has 1 N–H and O–H groups in total. The summed E-state index contributed by atoms with van der Waals surface area (Å²) in [5.41, 5.74) is 3.35. The Morgan fingerprint density at radius 3 is 2.63 bits per heavy atom. The van der Waals surface area contributed by atoms with Gasteiger partial charge < -0.3 is 19.7 Å². The first-order valence-corrected chi connectivity index (χ1v) is 9.29. The number of aryl methyl sites for hydroxylation is 1. The fraction of sp³-hybridized carbons (Fsp3) is 0.450. The third-order valence-corrected chi connectivity index (χ3v) is 5.40. The Bertz CT molecular complexity index is 839. The topological polar surface area (TPSA) is 76.6 Å². The molecule has 3 heterocycles. The van der Waals surface area contributed by atoms with E-state index in [1.54, 1.807) is 6.07 Å². The summed E-state index contributed by atoms with van der Waals surface area (Å²) in [6, 6.07) is 7.59. The zero-order chi connectivity index (χ0) is 18.9. The highest BCUT2D eigenvalue weighted by molar-refractivity contribution is 6.03. The number of rotatable bonds is 3. The average molecular weight is 368 g/mol. The largest absolute Gasteiger partial charge is 0.356 e. The molecular weight excluding hydrogens is 344 g/mol. The van der Waals surface area contributed by atoms with Gasteiger partial charge in [0.25, 0.3) is 5.91 Å². The van der Waals surface area contributed by atoms with E-state index in [0.29, 0.717) is 18.9 Å². The molecule has 0 radical (unpaired) electrons. The number of carbonyl (C=O) groups excluding carboxylic acids is 1. The zero-order valence-electron chi connectivity index (χ0n) is 15.7. The Kier molecular flexibility index (Phi) is 4.80. The Morgan fingerprint density at radius 1 is 1.15 bits per heavy atom. The molecular formula is C20H24N4O3. The molecule has 0 unspecified atom stereocenters. The van der Waals surface area contributed by atoms with Crippen LogP contribution < -0.4 is 10.2 Å². The van der Waals surface area contributed by atoms with Crippen LogP contribution in [0.1, 0.15) is 34.5 Å². The van der Waals surface area contributed by atoms with Crippen molar-refractivity contribution in [2.75, 3.05) is 36.5 Å². The third kappa shape index (κ3) is 3.65. The van der Waals surface area contributed by atoms with Gasteiger partial charge >= 0.3 is 0 Å². The quantitative estimate of drug-likeness (QED) is 0.898. The second-order valence-corrected chi connectivity index (χ2v) is 7.06. The van der Waals surface area contributed by atoms with Crippen molar-refractivity contribution >= 4 is 17.4 Å². The van der Waals surface area contributed by atoms with Crippen molar-refractivity contribution in [2.45, 2.75) is 32.5 Å². The van der Waals surface area contributed by atoms with E-state index in [2.05, 4.69) is 20.2 Å². The first-order valence-electron chi connectivity index (χ1n) is 9.29. The third-order valence-electron chi connectivity index (χ3n) is 5.40. The number of anilines is 2. The highest BCUT2D eigenvalue weighted by atomic mass is 16.7. The maximum atomic E-state index is 12.7. The van der Waals surface area contributed by atoms with Crippen LogP contribution in [-0.2, 0) is 9.47 Å². The monoisotopic (exact) mass is 368 g/mol. The number of benzene rings is 1. The second kappa shape index (κ2) is 7.25. The van der Waals surface area contributed by atoms with Crippen LogP contribution in [-0.4, -0.2) is 48.0 Å². The molecule has 2 fully saturated rings. The van der Waals surface area contributed by atoms with Gasteiger partial charge in [-0.25, -0.2) is 9.97 Å². The number of piperidine rings is 1. The van der Waals surface area contributed by atoms with E-state index in [4.69, 9.17) is 9.47 Å². The van der Waals surface area contributed by atoms with Gasteiger partial charge in [0.1, 0.15) is 17.8 Å². The van der Waals surface area contributed by atoms with E-state index >= 15 is 0 Å². The number of amides is 1. The van der Waals surface area contributed by atoms with E-state index in [1.807, 2.05) is 32.0 Å². The highest BCUT2D eigenvalue weighted by Crippen LogP contribution is 2.32. The lowest BCUT2D eigenvalue weighted by molar-refractivity contribution is -0.169. The Labute approximate surface area is 158 Å². The molecule has 7 nitrogen and oxygen atoms in total. The Balaban J connectivity index is 1.46. The minimum Gasteiger partial charge on any atom is -0.356 e. The van der Waals surface area contributed by atoms with E-state index in [0.717, 1.165) is 48.6 Å². The Morgan fingerprint density at radius 2 is 1.89 bits per heavy atom. The van der Waals surface area contributed by atoms with Crippen LogP contribution in [0.2, 0.25) is 0 Å². The summed E-state index contributed by atoms with van der Waals surface area (Å²) >= 11 is 0. The average Bonchev–Trinajstić information content (AvgIpc) is 3.14. The number of hydrogen-bond donors (Lipinski definition) is 1. The molecule has 1 aromatic carbocycles. The lowest BCUT2D eigenvalue weighted by Gasteiger charge is -2.38. The van der Waals surface area contributed by atoms with Gasteiger partial charge in [-0.1, -0.05) is 12.1 Å². The van der Waals surface area contributed by atoms with Crippen molar-refractivity contribution in [3.8, 4) is 0 Å². The maximum absolute atomic E-state index is 12.7. The van der Waals surface area contributed by atoms with Gasteiger partial charge in [0.15, 0.2) is 5.79 Å². The van der Waals surface area contributed by atoms with Crippen LogP contribution >= 0.6 is 0 Å². The molecule has 2 saturated heterocycles. The number of hydrogen-bond acceptors (Lipinski definition) is 6. The van der Waals surface area contributed by atoms with Crippen molar-refractivity contribution in [1.29, 1.82) is 0 Å². The predicted molar refractivity (Wildman–Crippen MR) is 102 cm³/mol. The van der Waals surface area contributed by atoms with Gasteiger partial charge in [-0.2, -0.15) is 0 Å². The molecule has 7 heteroatoms. The molecule has 0 bridgehead atoms. The first kappa shape index (κ1) is 17.9. The number of nitrogens with zero attached hydrogens (tertiary/aromatic N) is 3. The summed E-state index contributed by atoms with van der Waals surface area (Å²) in [6.45, 7) is 6.89. The van der Waals surface area contributed by atoms with Crippen molar-refractivity contribution in [3.05, 3.63) is 47.4 Å². The maximum Gasteiger partial charge on any atom is 0.274 e. The first-order chi connectivity index (χ1) is 13.1. The molecule has 4 rings (SSSR count). The smallest absolute Gasteiger partial charge is 0.274 e. The second-order valence-electron chi connectivity index (χ2n) is 7.06. The fourth-order valence-electron chi connectivity index (χ4n) is 3.58. The summed E-state index contributed by atoms with van der Waals surface area (Å²) in [4.78, 5) is 23.3. The summed E-state index contributed by atoms with van der Waals surface area (Å²) in [6.07, 6.45) is 3.03. The molecule has 1 amide bonds. The van der Waals surface area contributed by atoms with Gasteiger partial charge in [-0.3, -0.25) is 4.79 Å². The molecule has 1 spiro atoms. The van der Waals surface area contributed by atoms with Crippen LogP contribution in [0.25, 0.3) is 0 Å². The fourth-order valence-corrected chi connectivity index (χ4v) is 3.58. The molecule has 2 aliphatic rings. The predicted octanol–water partition coefficient (Wildman–Crippen LogP) is 2.69. The summed E-state index contributed by atoms with van der Waals surface area (Å²) in [5, 5.41) is 2.95. The summed E-state index contributed by atoms with van der Waals surface area (Å²) in [7, 11) is 0. The van der Waals surface area contributed by atoms with Gasteiger partial charge in [0.05, 0.1) is 13.2 Å². The van der Waals surface area contributed by atoms with Crippen molar-refractivity contribution in [3.63, 3.8) is 0 Å². The van der Waals surface area contributed by atoms with Crippen molar-refractivity contribution < 1.29 is 14.3 Å².